The molecule has 5 nitrogen and oxygen atoms in total. The fraction of sp³-hybridized carbons (Fsp3) is 0.500. The Morgan fingerprint density at radius 1 is 1.35 bits per heavy atom. The van der Waals surface area contributed by atoms with E-state index in [-0.39, 0.29) is 17.2 Å². The zero-order valence-corrected chi connectivity index (χ0v) is 12.2. The topological polar surface area (TPSA) is 83.5 Å². The molecule has 1 aromatic carbocycles. The molecule has 0 atom stereocenters. The molecule has 0 heterocycles. The van der Waals surface area contributed by atoms with Crippen molar-refractivity contribution in [3.63, 3.8) is 0 Å². The summed E-state index contributed by atoms with van der Waals surface area (Å²) >= 11 is 0. The van der Waals surface area contributed by atoms with Crippen LogP contribution in [0.4, 0.5) is 5.69 Å². The summed E-state index contributed by atoms with van der Waals surface area (Å²) in [6, 6.07) is 6.67. The van der Waals surface area contributed by atoms with Crippen molar-refractivity contribution < 1.29 is 18.3 Å². The number of carbonyl (C=O) groups is 1. The highest BCUT2D eigenvalue weighted by Gasteiger charge is 2.50. The Morgan fingerprint density at radius 3 is 2.55 bits per heavy atom. The van der Waals surface area contributed by atoms with Crippen molar-refractivity contribution >= 4 is 21.5 Å². The largest absolute Gasteiger partial charge is 0.481 e. The van der Waals surface area contributed by atoms with Gasteiger partial charge in [-0.15, -0.1) is 0 Å². The van der Waals surface area contributed by atoms with Crippen LogP contribution in [0.5, 0.6) is 0 Å². The summed E-state index contributed by atoms with van der Waals surface area (Å²) in [5.74, 6) is -0.727. The minimum atomic E-state index is -3.32. The van der Waals surface area contributed by atoms with Crippen LogP contribution in [-0.4, -0.2) is 31.8 Å². The summed E-state index contributed by atoms with van der Waals surface area (Å²) < 4.78 is 24.3. The van der Waals surface area contributed by atoms with Gasteiger partial charge in [-0.2, -0.15) is 0 Å². The van der Waals surface area contributed by atoms with E-state index in [9.17, 15) is 13.2 Å². The lowest BCUT2D eigenvalue weighted by Gasteiger charge is -2.15. The number of carboxylic acids is 1. The summed E-state index contributed by atoms with van der Waals surface area (Å²) in [5, 5.41) is 12.1. The smallest absolute Gasteiger partial charge is 0.311 e. The Bertz CT molecular complexity index is 605. The van der Waals surface area contributed by atoms with Gasteiger partial charge in [0.15, 0.2) is 9.84 Å². The van der Waals surface area contributed by atoms with E-state index in [1.165, 1.54) is 0 Å². The first-order chi connectivity index (χ1) is 9.41. The SMILES string of the molecule is CCCS(=O)(=O)c1ccccc1NCC1(C(=O)O)CC1. The van der Waals surface area contributed by atoms with Crippen molar-refractivity contribution in [3.8, 4) is 0 Å². The third-order valence-corrected chi connectivity index (χ3v) is 5.59. The molecule has 2 rings (SSSR count). The molecule has 1 aliphatic rings. The van der Waals surface area contributed by atoms with Crippen LogP contribution in [0.3, 0.4) is 0 Å². The monoisotopic (exact) mass is 297 g/mol. The van der Waals surface area contributed by atoms with Crippen LogP contribution in [0.2, 0.25) is 0 Å². The highest BCUT2D eigenvalue weighted by molar-refractivity contribution is 7.91. The first kappa shape index (κ1) is 14.8. The highest BCUT2D eigenvalue weighted by atomic mass is 32.2. The van der Waals surface area contributed by atoms with Gasteiger partial charge in [-0.25, -0.2) is 8.42 Å². The molecule has 0 aromatic heterocycles. The Hall–Kier alpha value is -1.56. The third kappa shape index (κ3) is 2.95. The van der Waals surface area contributed by atoms with Crippen molar-refractivity contribution in [2.75, 3.05) is 17.6 Å². The quantitative estimate of drug-likeness (QED) is 0.805. The van der Waals surface area contributed by atoms with Crippen LogP contribution in [0.15, 0.2) is 29.2 Å². The van der Waals surface area contributed by atoms with Gasteiger partial charge < -0.3 is 10.4 Å². The Kier molecular flexibility index (Phi) is 4.04. The molecule has 2 N–H and O–H groups in total. The van der Waals surface area contributed by atoms with Gasteiger partial charge in [0.25, 0.3) is 0 Å². The molecule has 0 unspecified atom stereocenters. The third-order valence-electron chi connectivity index (χ3n) is 3.62. The molecule has 0 saturated heterocycles. The standard InChI is InChI=1S/C14H19NO4S/c1-2-9-20(18,19)12-6-4-3-5-11(12)15-10-14(7-8-14)13(16)17/h3-6,15H,2,7-10H2,1H3,(H,16,17). The van der Waals surface area contributed by atoms with Gasteiger partial charge in [-0.1, -0.05) is 19.1 Å². The van der Waals surface area contributed by atoms with Crippen LogP contribution < -0.4 is 5.32 Å². The molecule has 0 bridgehead atoms. The Balaban J connectivity index is 2.19. The molecule has 0 radical (unpaired) electrons. The molecule has 6 heteroatoms. The minimum absolute atomic E-state index is 0.0930. The van der Waals surface area contributed by atoms with E-state index in [2.05, 4.69) is 5.32 Å². The van der Waals surface area contributed by atoms with Crippen molar-refractivity contribution in [1.29, 1.82) is 0 Å². The number of nitrogens with one attached hydrogen (secondary N) is 1. The summed E-state index contributed by atoms with van der Waals surface area (Å²) in [4.78, 5) is 11.4. The fourth-order valence-corrected chi connectivity index (χ4v) is 3.66. The van der Waals surface area contributed by atoms with E-state index in [4.69, 9.17) is 5.11 Å². The first-order valence-corrected chi connectivity index (χ1v) is 8.35. The number of hydrogen-bond acceptors (Lipinski definition) is 4. The van der Waals surface area contributed by atoms with Gasteiger partial charge in [-0.3, -0.25) is 4.79 Å². The van der Waals surface area contributed by atoms with E-state index in [0.717, 1.165) is 0 Å². The van der Waals surface area contributed by atoms with Gasteiger partial charge in [-0.05, 0) is 31.4 Å². The summed E-state index contributed by atoms with van der Waals surface area (Å²) in [5.41, 5.74) is -0.227. The van der Waals surface area contributed by atoms with Crippen molar-refractivity contribution in [2.24, 2.45) is 5.41 Å². The van der Waals surface area contributed by atoms with Gasteiger partial charge in [0.1, 0.15) is 0 Å². The second-order valence-electron chi connectivity index (χ2n) is 5.25. The van der Waals surface area contributed by atoms with E-state index in [0.29, 0.717) is 24.9 Å². The van der Waals surface area contributed by atoms with Gasteiger partial charge in [0.2, 0.25) is 0 Å². The summed E-state index contributed by atoms with van der Waals surface area (Å²) in [6.45, 7) is 2.08. The molecule has 0 aliphatic heterocycles. The lowest BCUT2D eigenvalue weighted by atomic mass is 10.1. The van der Waals surface area contributed by atoms with Crippen molar-refractivity contribution in [1.82, 2.24) is 0 Å². The van der Waals surface area contributed by atoms with E-state index in [1.807, 2.05) is 6.92 Å². The van der Waals surface area contributed by atoms with Crippen LogP contribution in [0, 0.1) is 5.41 Å². The van der Waals surface area contributed by atoms with Crippen LogP contribution in [-0.2, 0) is 14.6 Å². The van der Waals surface area contributed by atoms with E-state index >= 15 is 0 Å². The summed E-state index contributed by atoms with van der Waals surface area (Å²) in [6.07, 6.45) is 1.83. The Morgan fingerprint density at radius 2 is 2.00 bits per heavy atom. The Labute approximate surface area is 118 Å². The number of rotatable bonds is 7. The lowest BCUT2D eigenvalue weighted by Crippen LogP contribution is -2.25. The highest BCUT2D eigenvalue weighted by Crippen LogP contribution is 2.46. The molecule has 110 valence electrons. The average Bonchev–Trinajstić information content (AvgIpc) is 3.18. The van der Waals surface area contributed by atoms with Crippen molar-refractivity contribution in [2.45, 2.75) is 31.1 Å². The van der Waals surface area contributed by atoms with Crippen LogP contribution in [0.1, 0.15) is 26.2 Å². The molecular formula is C14H19NO4S. The second kappa shape index (κ2) is 5.44. The number of hydrogen-bond donors (Lipinski definition) is 2. The van der Waals surface area contributed by atoms with E-state index < -0.39 is 21.2 Å². The lowest BCUT2D eigenvalue weighted by molar-refractivity contribution is -0.142. The molecule has 1 saturated carbocycles. The van der Waals surface area contributed by atoms with Crippen LogP contribution >= 0.6 is 0 Å². The molecule has 1 fully saturated rings. The average molecular weight is 297 g/mol. The molecular weight excluding hydrogens is 278 g/mol. The van der Waals surface area contributed by atoms with Gasteiger partial charge in [0.05, 0.1) is 21.8 Å². The fourth-order valence-electron chi connectivity index (χ4n) is 2.14. The predicted octanol–water partition coefficient (Wildman–Crippen LogP) is 2.15. The number of anilines is 1. The van der Waals surface area contributed by atoms with E-state index in [1.54, 1.807) is 24.3 Å². The zero-order valence-electron chi connectivity index (χ0n) is 11.4. The maximum absolute atomic E-state index is 12.2. The number of para-hydroxylation sites is 1. The summed E-state index contributed by atoms with van der Waals surface area (Å²) in [7, 11) is -3.32. The number of carboxylic acid groups (broad SMARTS) is 1. The molecule has 0 amide bonds. The van der Waals surface area contributed by atoms with Gasteiger partial charge >= 0.3 is 5.97 Å². The normalized spacial score (nSPS) is 16.6. The molecule has 1 aliphatic carbocycles. The van der Waals surface area contributed by atoms with Crippen molar-refractivity contribution in [3.05, 3.63) is 24.3 Å². The molecule has 0 spiro atoms. The maximum Gasteiger partial charge on any atom is 0.311 e. The maximum atomic E-state index is 12.2. The first-order valence-electron chi connectivity index (χ1n) is 6.70. The minimum Gasteiger partial charge on any atom is -0.481 e. The molecule has 1 aromatic rings. The second-order valence-corrected chi connectivity index (χ2v) is 7.33. The van der Waals surface area contributed by atoms with Gasteiger partial charge in [0, 0.05) is 6.54 Å². The molecule has 20 heavy (non-hydrogen) atoms. The van der Waals surface area contributed by atoms with Crippen LogP contribution in [0.25, 0.3) is 0 Å². The zero-order chi connectivity index (χ0) is 14.8. The number of benzene rings is 1. The predicted molar refractivity (Wildman–Crippen MR) is 76.6 cm³/mol. The number of sulfone groups is 1. The number of aliphatic carboxylic acids is 1.